The Morgan fingerprint density at radius 3 is 2.63 bits per heavy atom. The molecule has 1 aliphatic carbocycles. The molecule has 1 aromatic carbocycles. The lowest BCUT2D eigenvalue weighted by atomic mass is 9.84. The van der Waals surface area contributed by atoms with Crippen molar-refractivity contribution in [2.24, 2.45) is 0 Å². The van der Waals surface area contributed by atoms with E-state index in [-0.39, 0.29) is 11.9 Å². The average Bonchev–Trinajstić information content (AvgIpc) is 2.65. The van der Waals surface area contributed by atoms with E-state index in [1.165, 1.54) is 6.42 Å². The van der Waals surface area contributed by atoms with E-state index in [0.717, 1.165) is 58.2 Å². The van der Waals surface area contributed by atoms with Gasteiger partial charge in [-0.1, -0.05) is 43.0 Å². The first-order valence-electron chi connectivity index (χ1n) is 10.1. The fraction of sp³-hybridized carbons (Fsp3) is 0.667. The Labute approximate surface area is 167 Å². The maximum Gasteiger partial charge on any atom is 0.260 e. The number of nitrogens with one attached hydrogen (secondary N) is 1. The Morgan fingerprint density at radius 1 is 1.30 bits per heavy atom. The van der Waals surface area contributed by atoms with Gasteiger partial charge >= 0.3 is 0 Å². The number of carbonyl (C=O) groups excluding carboxylic acids is 1. The molecule has 0 unspecified atom stereocenters. The van der Waals surface area contributed by atoms with Crippen molar-refractivity contribution in [3.63, 3.8) is 0 Å². The van der Waals surface area contributed by atoms with Gasteiger partial charge in [-0.3, -0.25) is 4.79 Å². The highest BCUT2D eigenvalue weighted by Crippen LogP contribution is 2.29. The van der Waals surface area contributed by atoms with Crippen LogP contribution in [0.2, 0.25) is 5.02 Å². The number of para-hydroxylation sites is 1. The molecule has 5 nitrogen and oxygen atoms in total. The van der Waals surface area contributed by atoms with Crippen LogP contribution in [0, 0.1) is 0 Å². The zero-order chi connectivity index (χ0) is 19.3. The second-order valence-electron chi connectivity index (χ2n) is 8.03. The number of ether oxygens (including phenoxy) is 1. The van der Waals surface area contributed by atoms with Gasteiger partial charge in [-0.05, 0) is 44.7 Å². The van der Waals surface area contributed by atoms with Crippen LogP contribution in [0.4, 0.5) is 0 Å². The number of hydrogen-bond acceptors (Lipinski definition) is 4. The first kappa shape index (κ1) is 20.4. The number of halogens is 1. The number of β-amino-alcohol motifs (C(OH)–C–C–N with tert-alkyl or cyclic N) is 1. The summed E-state index contributed by atoms with van der Waals surface area (Å²) in [6, 6.07) is 7.34. The summed E-state index contributed by atoms with van der Waals surface area (Å²) in [5.74, 6) is 0.414. The maximum atomic E-state index is 12.4. The fourth-order valence-electron chi connectivity index (χ4n) is 4.12. The van der Waals surface area contributed by atoms with Crippen molar-refractivity contribution in [1.82, 2.24) is 10.2 Å². The zero-order valence-electron chi connectivity index (χ0n) is 16.1. The van der Waals surface area contributed by atoms with Gasteiger partial charge in [-0.2, -0.15) is 0 Å². The summed E-state index contributed by atoms with van der Waals surface area (Å²) < 4.78 is 5.70. The molecule has 0 spiro atoms. The van der Waals surface area contributed by atoms with Crippen molar-refractivity contribution in [3.8, 4) is 5.75 Å². The van der Waals surface area contributed by atoms with Crippen molar-refractivity contribution in [2.45, 2.75) is 69.6 Å². The van der Waals surface area contributed by atoms with Gasteiger partial charge in [0.15, 0.2) is 6.10 Å². The van der Waals surface area contributed by atoms with Crippen LogP contribution < -0.4 is 10.1 Å². The van der Waals surface area contributed by atoms with E-state index in [1.54, 1.807) is 19.1 Å². The van der Waals surface area contributed by atoms with Crippen LogP contribution in [-0.2, 0) is 4.79 Å². The summed E-state index contributed by atoms with van der Waals surface area (Å²) in [7, 11) is 0. The lowest BCUT2D eigenvalue weighted by Gasteiger charge is -2.40. The largest absolute Gasteiger partial charge is 0.479 e. The van der Waals surface area contributed by atoms with Crippen molar-refractivity contribution in [3.05, 3.63) is 29.3 Å². The minimum absolute atomic E-state index is 0.112. The van der Waals surface area contributed by atoms with E-state index >= 15 is 0 Å². The fourth-order valence-corrected chi connectivity index (χ4v) is 4.30. The number of carbonyl (C=O) groups is 1. The van der Waals surface area contributed by atoms with Gasteiger partial charge in [-0.15, -0.1) is 0 Å². The molecule has 1 saturated heterocycles. The van der Waals surface area contributed by atoms with Gasteiger partial charge in [-0.25, -0.2) is 0 Å². The molecule has 2 aliphatic rings. The summed E-state index contributed by atoms with van der Waals surface area (Å²) in [5, 5.41) is 14.3. The molecule has 2 N–H and O–H groups in total. The first-order valence-corrected chi connectivity index (χ1v) is 10.5. The second kappa shape index (κ2) is 9.26. The van der Waals surface area contributed by atoms with Crippen LogP contribution in [0.25, 0.3) is 0 Å². The van der Waals surface area contributed by atoms with Crippen LogP contribution in [0.5, 0.6) is 5.75 Å². The third-order valence-corrected chi connectivity index (χ3v) is 6.06. The van der Waals surface area contributed by atoms with E-state index in [9.17, 15) is 9.90 Å². The van der Waals surface area contributed by atoms with Crippen LogP contribution in [0.1, 0.15) is 51.9 Å². The van der Waals surface area contributed by atoms with E-state index in [0.29, 0.717) is 10.8 Å². The highest BCUT2D eigenvalue weighted by molar-refractivity contribution is 6.32. The highest BCUT2D eigenvalue weighted by Gasteiger charge is 2.33. The molecular weight excluding hydrogens is 364 g/mol. The summed E-state index contributed by atoms with van der Waals surface area (Å²) in [6.45, 7) is 4.33. The molecule has 150 valence electrons. The third-order valence-electron chi connectivity index (χ3n) is 5.75. The molecule has 2 fully saturated rings. The Balaban J connectivity index is 1.42. The van der Waals surface area contributed by atoms with E-state index < -0.39 is 11.7 Å². The molecule has 0 bridgehead atoms. The van der Waals surface area contributed by atoms with Crippen LogP contribution in [-0.4, -0.2) is 53.3 Å². The van der Waals surface area contributed by atoms with Crippen LogP contribution in [0.15, 0.2) is 24.3 Å². The van der Waals surface area contributed by atoms with E-state index in [2.05, 4.69) is 10.2 Å². The average molecular weight is 395 g/mol. The predicted octanol–water partition coefficient (Wildman–Crippen LogP) is 3.38. The number of benzene rings is 1. The van der Waals surface area contributed by atoms with Gasteiger partial charge in [0.25, 0.3) is 5.91 Å². The topological polar surface area (TPSA) is 61.8 Å². The lowest BCUT2D eigenvalue weighted by molar-refractivity contribution is -0.128. The lowest BCUT2D eigenvalue weighted by Crippen LogP contribution is -2.51. The Bertz CT molecular complexity index is 626. The highest BCUT2D eigenvalue weighted by atomic mass is 35.5. The van der Waals surface area contributed by atoms with Gasteiger partial charge in [0.05, 0.1) is 10.6 Å². The molecule has 1 saturated carbocycles. The van der Waals surface area contributed by atoms with Crippen LogP contribution in [0.3, 0.4) is 0 Å². The molecule has 27 heavy (non-hydrogen) atoms. The SMILES string of the molecule is C[C@@H](Oc1ccccc1Cl)C(=O)NC1CCN(CC2(O)CCCCC2)CC1. The molecule has 6 heteroatoms. The molecular formula is C21H31ClN2O3. The van der Waals surface area contributed by atoms with Crippen LogP contribution >= 0.6 is 11.6 Å². The third kappa shape index (κ3) is 5.84. The quantitative estimate of drug-likeness (QED) is 0.776. The molecule has 1 amide bonds. The molecule has 0 radical (unpaired) electrons. The molecule has 1 atom stereocenters. The zero-order valence-corrected chi connectivity index (χ0v) is 16.9. The Morgan fingerprint density at radius 2 is 1.96 bits per heavy atom. The summed E-state index contributed by atoms with van der Waals surface area (Å²) in [6.07, 6.45) is 6.55. The number of rotatable bonds is 6. The molecule has 1 heterocycles. The normalized spacial score (nSPS) is 22.2. The minimum atomic E-state index is -0.592. The number of aliphatic hydroxyl groups is 1. The van der Waals surface area contributed by atoms with E-state index in [4.69, 9.17) is 16.3 Å². The molecule has 3 rings (SSSR count). The van der Waals surface area contributed by atoms with Gasteiger partial charge in [0.1, 0.15) is 5.75 Å². The molecule has 0 aromatic heterocycles. The number of hydrogen-bond donors (Lipinski definition) is 2. The molecule has 1 aromatic rings. The predicted molar refractivity (Wildman–Crippen MR) is 107 cm³/mol. The Hall–Kier alpha value is -1.30. The van der Waals surface area contributed by atoms with Crippen molar-refractivity contribution in [1.29, 1.82) is 0 Å². The van der Waals surface area contributed by atoms with Crippen molar-refractivity contribution >= 4 is 17.5 Å². The van der Waals surface area contributed by atoms with E-state index in [1.807, 2.05) is 12.1 Å². The van der Waals surface area contributed by atoms with Crippen molar-refractivity contribution < 1.29 is 14.6 Å². The smallest absolute Gasteiger partial charge is 0.260 e. The maximum absolute atomic E-state index is 12.4. The number of piperidine rings is 1. The van der Waals surface area contributed by atoms with Gasteiger partial charge in [0, 0.05) is 25.7 Å². The monoisotopic (exact) mass is 394 g/mol. The number of likely N-dealkylation sites (tertiary alicyclic amines) is 1. The summed E-state index contributed by atoms with van der Waals surface area (Å²) >= 11 is 6.09. The summed E-state index contributed by atoms with van der Waals surface area (Å²) in [4.78, 5) is 14.8. The Kier molecular flexibility index (Phi) is 7.01. The van der Waals surface area contributed by atoms with Gasteiger partial charge < -0.3 is 20.1 Å². The second-order valence-corrected chi connectivity index (χ2v) is 8.44. The number of nitrogens with zero attached hydrogens (tertiary/aromatic N) is 1. The first-order chi connectivity index (χ1) is 13.0. The summed E-state index contributed by atoms with van der Waals surface area (Å²) in [5.41, 5.74) is -0.508. The minimum Gasteiger partial charge on any atom is -0.479 e. The molecule has 1 aliphatic heterocycles. The number of amides is 1. The van der Waals surface area contributed by atoms with Crippen molar-refractivity contribution in [2.75, 3.05) is 19.6 Å². The van der Waals surface area contributed by atoms with Gasteiger partial charge in [0.2, 0.25) is 0 Å². The standard InChI is InChI=1S/C21H31ClN2O3/c1-16(27-19-8-4-3-7-18(19)22)20(25)23-17-9-13-24(14-10-17)15-21(26)11-5-2-6-12-21/h3-4,7-8,16-17,26H,2,5-6,9-15H2,1H3,(H,23,25)/t16-/m1/s1.